The molecule has 6 aromatic carbocycles. The van der Waals surface area contributed by atoms with E-state index < -0.39 is 0 Å². The van der Waals surface area contributed by atoms with E-state index in [2.05, 4.69) is 161 Å². The highest BCUT2D eigenvalue weighted by Gasteiger charge is 2.25. The maximum atomic E-state index is 5.35. The van der Waals surface area contributed by atoms with Crippen LogP contribution >= 0.6 is 0 Å². The lowest BCUT2D eigenvalue weighted by Crippen LogP contribution is -2.32. The SMILES string of the molecule is c1ccc(-c2ccc3c(c2)N=C(c2cc(-c4ccc(-c5ccncc5)cc4)cc(-c4ccc(-c5ccncc5)cc4)c2)NC3c2ccccc2)cc1. The van der Waals surface area contributed by atoms with E-state index >= 15 is 0 Å². The molecule has 1 aliphatic rings. The lowest BCUT2D eigenvalue weighted by Gasteiger charge is -2.28. The van der Waals surface area contributed by atoms with Crippen molar-refractivity contribution in [1.82, 2.24) is 15.3 Å². The molecule has 4 heteroatoms. The molecule has 3 heterocycles. The third-order valence-corrected chi connectivity index (χ3v) is 9.77. The molecule has 0 radical (unpaired) electrons. The summed E-state index contributed by atoms with van der Waals surface area (Å²) in [6.07, 6.45) is 7.34. The summed E-state index contributed by atoms with van der Waals surface area (Å²) in [5.41, 5.74) is 15.8. The minimum absolute atomic E-state index is 0.0556. The number of hydrogen-bond acceptors (Lipinski definition) is 4. The van der Waals surface area contributed by atoms with Gasteiger partial charge in [0.05, 0.1) is 11.7 Å². The van der Waals surface area contributed by atoms with Gasteiger partial charge in [0.1, 0.15) is 5.84 Å². The first-order valence-electron chi connectivity index (χ1n) is 17.5. The zero-order chi connectivity index (χ0) is 34.7. The Morgan fingerprint density at radius 3 is 1.31 bits per heavy atom. The fourth-order valence-corrected chi connectivity index (χ4v) is 7.01. The topological polar surface area (TPSA) is 50.2 Å². The average Bonchev–Trinajstić information content (AvgIpc) is 3.24. The largest absolute Gasteiger partial charge is 0.359 e. The summed E-state index contributed by atoms with van der Waals surface area (Å²) in [6, 6.07) is 60.3. The van der Waals surface area contributed by atoms with Crippen LogP contribution < -0.4 is 5.32 Å². The van der Waals surface area contributed by atoms with Crippen LogP contribution in [0.2, 0.25) is 0 Å². The molecule has 1 atom stereocenters. The number of nitrogens with one attached hydrogen (secondary N) is 1. The summed E-state index contributed by atoms with van der Waals surface area (Å²) in [4.78, 5) is 13.7. The maximum absolute atomic E-state index is 5.35. The number of fused-ring (bicyclic) bond motifs is 1. The second-order valence-electron chi connectivity index (χ2n) is 13.0. The van der Waals surface area contributed by atoms with Crippen LogP contribution in [-0.2, 0) is 0 Å². The Bertz CT molecular complexity index is 2390. The predicted octanol–water partition coefficient (Wildman–Crippen LogP) is 11.6. The average molecular weight is 667 g/mol. The van der Waals surface area contributed by atoms with Crippen molar-refractivity contribution in [3.05, 3.63) is 211 Å². The smallest absolute Gasteiger partial charge is 0.134 e. The molecule has 0 saturated heterocycles. The number of aliphatic imine (C=N–C) groups is 1. The second kappa shape index (κ2) is 13.8. The van der Waals surface area contributed by atoms with Gasteiger partial charge in [-0.2, -0.15) is 0 Å². The van der Waals surface area contributed by atoms with Gasteiger partial charge in [0.2, 0.25) is 0 Å². The van der Waals surface area contributed by atoms with Crippen LogP contribution in [0.1, 0.15) is 22.7 Å². The van der Waals surface area contributed by atoms with E-state index in [0.717, 1.165) is 72.7 Å². The molecule has 52 heavy (non-hydrogen) atoms. The third kappa shape index (κ3) is 6.30. The van der Waals surface area contributed by atoms with Gasteiger partial charge >= 0.3 is 0 Å². The molecule has 1 aliphatic heterocycles. The standard InChI is InChI=1S/C48H34N4/c1-3-7-33(8-4-1)41-19-20-45-46(32-41)51-48(52-47(45)40-9-5-2-6-10-40)44-30-42(36-15-11-34(12-16-36)38-21-25-49-26-22-38)29-43(31-44)37-17-13-35(14-18-37)39-23-27-50-28-24-39/h1-32,47H,(H,51,52). The normalized spacial score (nSPS) is 13.5. The molecule has 8 aromatic rings. The molecule has 2 aromatic heterocycles. The van der Waals surface area contributed by atoms with Crippen LogP contribution in [0.15, 0.2) is 200 Å². The molecule has 0 saturated carbocycles. The second-order valence-corrected chi connectivity index (χ2v) is 13.0. The van der Waals surface area contributed by atoms with E-state index in [1.165, 1.54) is 11.1 Å². The lowest BCUT2D eigenvalue weighted by molar-refractivity contribution is 0.749. The van der Waals surface area contributed by atoms with E-state index in [9.17, 15) is 0 Å². The van der Waals surface area contributed by atoms with Crippen molar-refractivity contribution in [1.29, 1.82) is 0 Å². The van der Waals surface area contributed by atoms with Crippen molar-refractivity contribution >= 4 is 11.5 Å². The Kier molecular flexibility index (Phi) is 8.24. The molecule has 0 spiro atoms. The molecule has 9 rings (SSSR count). The van der Waals surface area contributed by atoms with Gasteiger partial charge in [0, 0.05) is 35.9 Å². The van der Waals surface area contributed by atoms with Gasteiger partial charge in [0.25, 0.3) is 0 Å². The van der Waals surface area contributed by atoms with Crippen LogP contribution in [0, 0.1) is 0 Å². The Labute approximate surface area is 303 Å². The van der Waals surface area contributed by atoms with Gasteiger partial charge in [-0.25, -0.2) is 4.99 Å². The molecule has 1 unspecified atom stereocenters. The highest BCUT2D eigenvalue weighted by molar-refractivity contribution is 6.04. The van der Waals surface area contributed by atoms with E-state index in [1.54, 1.807) is 0 Å². The number of hydrogen-bond donors (Lipinski definition) is 1. The first kappa shape index (κ1) is 31.1. The fraction of sp³-hybridized carbons (Fsp3) is 0.0208. The van der Waals surface area contributed by atoms with E-state index in [4.69, 9.17) is 4.99 Å². The highest BCUT2D eigenvalue weighted by Crippen LogP contribution is 2.39. The molecule has 4 nitrogen and oxygen atoms in total. The van der Waals surface area contributed by atoms with Crippen LogP contribution in [0.4, 0.5) is 5.69 Å². The van der Waals surface area contributed by atoms with Crippen molar-refractivity contribution in [3.8, 4) is 55.6 Å². The summed E-state index contributed by atoms with van der Waals surface area (Å²) < 4.78 is 0. The van der Waals surface area contributed by atoms with Crippen molar-refractivity contribution in [2.24, 2.45) is 4.99 Å². The molecule has 0 bridgehead atoms. The highest BCUT2D eigenvalue weighted by atomic mass is 15.1. The molecular formula is C48H34N4. The Morgan fingerprint density at radius 2 is 0.769 bits per heavy atom. The van der Waals surface area contributed by atoms with Crippen molar-refractivity contribution in [2.45, 2.75) is 6.04 Å². The van der Waals surface area contributed by atoms with Gasteiger partial charge in [-0.05, 0) is 110 Å². The van der Waals surface area contributed by atoms with Crippen molar-refractivity contribution < 1.29 is 0 Å². The van der Waals surface area contributed by atoms with E-state index in [0.29, 0.717) is 0 Å². The minimum Gasteiger partial charge on any atom is -0.359 e. The lowest BCUT2D eigenvalue weighted by atomic mass is 9.91. The number of benzene rings is 6. The van der Waals surface area contributed by atoms with Gasteiger partial charge in [-0.1, -0.05) is 121 Å². The summed E-state index contributed by atoms with van der Waals surface area (Å²) in [5, 5.41) is 3.86. The van der Waals surface area contributed by atoms with E-state index in [1.807, 2.05) is 49.1 Å². The Hall–Kier alpha value is -6.91. The number of amidine groups is 1. The van der Waals surface area contributed by atoms with Crippen molar-refractivity contribution in [2.75, 3.05) is 0 Å². The van der Waals surface area contributed by atoms with Crippen LogP contribution in [-0.4, -0.2) is 15.8 Å². The molecule has 1 N–H and O–H groups in total. The molecule has 246 valence electrons. The van der Waals surface area contributed by atoms with Gasteiger partial charge in [-0.3, -0.25) is 9.97 Å². The Balaban J connectivity index is 1.18. The van der Waals surface area contributed by atoms with Gasteiger partial charge < -0.3 is 5.32 Å². The van der Waals surface area contributed by atoms with E-state index in [-0.39, 0.29) is 6.04 Å². The van der Waals surface area contributed by atoms with Crippen LogP contribution in [0.25, 0.3) is 55.6 Å². The quantitative estimate of drug-likeness (QED) is 0.184. The first-order chi connectivity index (χ1) is 25.7. The molecule has 0 fully saturated rings. The summed E-state index contributed by atoms with van der Waals surface area (Å²) >= 11 is 0. The monoisotopic (exact) mass is 666 g/mol. The van der Waals surface area contributed by atoms with Gasteiger partial charge in [0.15, 0.2) is 0 Å². The molecular weight excluding hydrogens is 633 g/mol. The maximum Gasteiger partial charge on any atom is 0.134 e. The van der Waals surface area contributed by atoms with Crippen molar-refractivity contribution in [3.63, 3.8) is 0 Å². The first-order valence-corrected chi connectivity index (χ1v) is 17.5. The Morgan fingerprint density at radius 1 is 0.346 bits per heavy atom. The zero-order valence-corrected chi connectivity index (χ0v) is 28.4. The van der Waals surface area contributed by atoms with Crippen LogP contribution in [0.3, 0.4) is 0 Å². The number of pyridine rings is 2. The molecule has 0 amide bonds. The summed E-state index contributed by atoms with van der Waals surface area (Å²) in [7, 11) is 0. The number of aromatic nitrogens is 2. The van der Waals surface area contributed by atoms with Crippen LogP contribution in [0.5, 0.6) is 0 Å². The molecule has 0 aliphatic carbocycles. The van der Waals surface area contributed by atoms with Gasteiger partial charge in [-0.15, -0.1) is 0 Å². The summed E-state index contributed by atoms with van der Waals surface area (Å²) in [5.74, 6) is 0.844. The number of nitrogens with zero attached hydrogens (tertiary/aromatic N) is 3. The summed E-state index contributed by atoms with van der Waals surface area (Å²) in [6.45, 7) is 0. The predicted molar refractivity (Wildman–Crippen MR) is 213 cm³/mol. The number of rotatable bonds is 7. The minimum atomic E-state index is -0.0556. The third-order valence-electron chi connectivity index (χ3n) is 9.77. The fourth-order valence-electron chi connectivity index (χ4n) is 7.01. The zero-order valence-electron chi connectivity index (χ0n) is 28.4.